The summed E-state index contributed by atoms with van der Waals surface area (Å²) < 4.78 is 46.3. The van der Waals surface area contributed by atoms with Crippen molar-refractivity contribution in [2.45, 2.75) is 37.5 Å². The average molecular weight is 373 g/mol. The molecule has 9 heteroatoms. The number of aromatic nitrogens is 2. The number of aryl methyl sites for hydroxylation is 1. The normalized spacial score (nSPS) is 20.7. The van der Waals surface area contributed by atoms with Gasteiger partial charge >= 0.3 is 6.18 Å². The van der Waals surface area contributed by atoms with Gasteiger partial charge in [-0.25, -0.2) is 0 Å². The van der Waals surface area contributed by atoms with Gasteiger partial charge in [0.15, 0.2) is 5.69 Å². The monoisotopic (exact) mass is 373 g/mol. The summed E-state index contributed by atoms with van der Waals surface area (Å²) in [6.45, 7) is 1.94. The van der Waals surface area contributed by atoms with Crippen LogP contribution in [-0.2, 0) is 18.0 Å². The van der Waals surface area contributed by atoms with Crippen molar-refractivity contribution in [3.8, 4) is 0 Å². The zero-order chi connectivity index (χ0) is 17.8. The van der Waals surface area contributed by atoms with E-state index < -0.39 is 11.9 Å². The highest BCUT2D eigenvalue weighted by atomic mass is 32.1. The van der Waals surface area contributed by atoms with E-state index in [-0.39, 0.29) is 16.9 Å². The highest BCUT2D eigenvalue weighted by Gasteiger charge is 2.40. The first-order valence-electron chi connectivity index (χ1n) is 8.26. The number of hydrogen-bond acceptors (Lipinski definition) is 4. The molecule has 0 atom stereocenters. The largest absolute Gasteiger partial charge is 0.435 e. The molecule has 0 unspecified atom stereocenters. The topological polar surface area (TPSA) is 47.4 Å². The average Bonchev–Trinajstić information content (AvgIpc) is 3.24. The van der Waals surface area contributed by atoms with Crippen molar-refractivity contribution in [3.05, 3.63) is 16.6 Å². The summed E-state index contributed by atoms with van der Waals surface area (Å²) in [7, 11) is 1.46. The molecule has 2 aromatic heterocycles. The van der Waals surface area contributed by atoms with E-state index in [0.29, 0.717) is 22.8 Å². The SMILES string of the molecule is Cn1nc(C(F)(F)F)c2cc(C(=O)N3CCC4(CCCO4)CC3)sc21. The van der Waals surface area contributed by atoms with Gasteiger partial charge in [-0.2, -0.15) is 18.3 Å². The second kappa shape index (κ2) is 5.70. The molecule has 0 saturated carbocycles. The van der Waals surface area contributed by atoms with Crippen LogP contribution in [0.2, 0.25) is 0 Å². The number of nitrogens with zero attached hydrogens (tertiary/aromatic N) is 3. The molecule has 2 saturated heterocycles. The van der Waals surface area contributed by atoms with Gasteiger partial charge in [0.05, 0.1) is 10.5 Å². The van der Waals surface area contributed by atoms with E-state index in [9.17, 15) is 18.0 Å². The highest BCUT2D eigenvalue weighted by molar-refractivity contribution is 7.20. The van der Waals surface area contributed by atoms with Crippen molar-refractivity contribution < 1.29 is 22.7 Å². The summed E-state index contributed by atoms with van der Waals surface area (Å²) in [6.07, 6.45) is -0.869. The molecule has 2 aliphatic rings. The van der Waals surface area contributed by atoms with Gasteiger partial charge in [0, 0.05) is 32.1 Å². The Morgan fingerprint density at radius 3 is 2.64 bits per heavy atom. The van der Waals surface area contributed by atoms with Crippen molar-refractivity contribution >= 4 is 27.5 Å². The Labute approximate surface area is 146 Å². The molecule has 4 rings (SSSR count). The first-order chi connectivity index (χ1) is 11.8. The minimum Gasteiger partial charge on any atom is -0.375 e. The molecule has 2 aromatic rings. The first kappa shape index (κ1) is 16.8. The molecule has 0 radical (unpaired) electrons. The molecule has 2 fully saturated rings. The number of ether oxygens (including phenoxy) is 1. The summed E-state index contributed by atoms with van der Waals surface area (Å²) in [4.78, 5) is 15.1. The quantitative estimate of drug-likeness (QED) is 0.769. The van der Waals surface area contributed by atoms with E-state index in [1.807, 2.05) is 0 Å². The van der Waals surface area contributed by atoms with Crippen molar-refractivity contribution in [1.82, 2.24) is 14.7 Å². The van der Waals surface area contributed by atoms with Crippen LogP contribution >= 0.6 is 11.3 Å². The minimum atomic E-state index is -4.53. The molecular formula is C16H18F3N3O2S. The molecule has 136 valence electrons. The fourth-order valence-electron chi connectivity index (χ4n) is 3.78. The molecule has 0 bridgehead atoms. The van der Waals surface area contributed by atoms with Gasteiger partial charge in [-0.05, 0) is 31.7 Å². The predicted octanol–water partition coefficient (Wildman–Crippen LogP) is 3.44. The Hall–Kier alpha value is -1.61. The van der Waals surface area contributed by atoms with Gasteiger partial charge in [-0.15, -0.1) is 11.3 Å². The van der Waals surface area contributed by atoms with Crippen LogP contribution in [0.1, 0.15) is 41.0 Å². The lowest BCUT2D eigenvalue weighted by atomic mass is 9.88. The molecule has 0 N–H and O–H groups in total. The van der Waals surface area contributed by atoms with Gasteiger partial charge < -0.3 is 9.64 Å². The summed E-state index contributed by atoms with van der Waals surface area (Å²) in [5.41, 5.74) is -1.03. The molecule has 1 spiro atoms. The number of carbonyl (C=O) groups is 1. The molecule has 0 aromatic carbocycles. The predicted molar refractivity (Wildman–Crippen MR) is 86.6 cm³/mol. The zero-order valence-corrected chi connectivity index (χ0v) is 14.5. The van der Waals surface area contributed by atoms with E-state index in [4.69, 9.17) is 4.74 Å². The van der Waals surface area contributed by atoms with Crippen molar-refractivity contribution in [2.24, 2.45) is 7.05 Å². The molecule has 1 amide bonds. The highest BCUT2D eigenvalue weighted by Crippen LogP contribution is 2.39. The third-order valence-electron chi connectivity index (χ3n) is 5.14. The zero-order valence-electron chi connectivity index (χ0n) is 13.7. The Morgan fingerprint density at radius 2 is 2.04 bits per heavy atom. The number of likely N-dealkylation sites (tertiary alicyclic amines) is 1. The summed E-state index contributed by atoms with van der Waals surface area (Å²) in [5.74, 6) is -0.206. The Bertz CT molecular complexity index is 811. The number of hydrogen-bond donors (Lipinski definition) is 0. The van der Waals surface area contributed by atoms with Crippen LogP contribution in [0.15, 0.2) is 6.07 Å². The maximum absolute atomic E-state index is 13.1. The number of rotatable bonds is 1. The van der Waals surface area contributed by atoms with Crippen LogP contribution in [0.5, 0.6) is 0 Å². The molecule has 4 heterocycles. The van der Waals surface area contributed by atoms with E-state index in [0.717, 1.165) is 43.6 Å². The fraction of sp³-hybridized carbons (Fsp3) is 0.625. The summed E-state index contributed by atoms with van der Waals surface area (Å²) >= 11 is 1.06. The number of alkyl halides is 3. The van der Waals surface area contributed by atoms with Gasteiger partial charge in [0.2, 0.25) is 0 Å². The molecule has 0 aliphatic carbocycles. The lowest BCUT2D eigenvalue weighted by molar-refractivity contribution is -0.140. The third-order valence-corrected chi connectivity index (χ3v) is 6.33. The summed E-state index contributed by atoms with van der Waals surface area (Å²) in [5, 5.41) is 3.54. The molecule has 25 heavy (non-hydrogen) atoms. The van der Waals surface area contributed by atoms with Crippen molar-refractivity contribution in [1.29, 1.82) is 0 Å². The molecular weight excluding hydrogens is 355 g/mol. The fourth-order valence-corrected chi connectivity index (χ4v) is 4.82. The smallest absolute Gasteiger partial charge is 0.375 e. The van der Waals surface area contributed by atoms with Gasteiger partial charge in [0.1, 0.15) is 4.83 Å². The van der Waals surface area contributed by atoms with Crippen molar-refractivity contribution in [3.63, 3.8) is 0 Å². The van der Waals surface area contributed by atoms with Crippen LogP contribution in [0, 0.1) is 0 Å². The van der Waals surface area contributed by atoms with E-state index >= 15 is 0 Å². The van der Waals surface area contributed by atoms with E-state index in [2.05, 4.69) is 5.10 Å². The third kappa shape index (κ3) is 2.83. The second-order valence-electron chi connectivity index (χ2n) is 6.73. The van der Waals surface area contributed by atoms with E-state index in [1.165, 1.54) is 17.8 Å². The standard InChI is InChI=1S/C16H18F3N3O2S/c1-21-14-10(12(20-21)16(17,18)19)9-11(25-14)13(23)22-6-4-15(5-7-22)3-2-8-24-15/h9H,2-8H2,1H3. The first-order valence-corrected chi connectivity index (χ1v) is 9.08. The minimum absolute atomic E-state index is 0.00374. The Kier molecular flexibility index (Phi) is 3.84. The Morgan fingerprint density at radius 1 is 1.32 bits per heavy atom. The number of halogens is 3. The van der Waals surface area contributed by atoms with Gasteiger partial charge in [-0.1, -0.05) is 0 Å². The van der Waals surface area contributed by atoms with Crippen LogP contribution in [0.25, 0.3) is 10.2 Å². The van der Waals surface area contributed by atoms with Gasteiger partial charge in [0.25, 0.3) is 5.91 Å². The summed E-state index contributed by atoms with van der Waals surface area (Å²) in [6, 6.07) is 1.33. The van der Waals surface area contributed by atoms with Crippen LogP contribution in [0.3, 0.4) is 0 Å². The maximum atomic E-state index is 13.1. The molecule has 2 aliphatic heterocycles. The van der Waals surface area contributed by atoms with Crippen LogP contribution in [-0.4, -0.2) is 45.9 Å². The maximum Gasteiger partial charge on any atom is 0.435 e. The van der Waals surface area contributed by atoms with E-state index in [1.54, 1.807) is 4.90 Å². The lowest BCUT2D eigenvalue weighted by Gasteiger charge is -2.38. The lowest BCUT2D eigenvalue weighted by Crippen LogP contribution is -2.46. The number of piperidine rings is 1. The number of carbonyl (C=O) groups excluding carboxylic acids is 1. The van der Waals surface area contributed by atoms with Crippen LogP contribution < -0.4 is 0 Å². The second-order valence-corrected chi connectivity index (χ2v) is 7.76. The number of thiophene rings is 1. The van der Waals surface area contributed by atoms with Gasteiger partial charge in [-0.3, -0.25) is 9.48 Å². The Balaban J connectivity index is 1.57. The molecule has 5 nitrogen and oxygen atoms in total. The number of amides is 1. The number of fused-ring (bicyclic) bond motifs is 1. The van der Waals surface area contributed by atoms with Crippen LogP contribution in [0.4, 0.5) is 13.2 Å². The van der Waals surface area contributed by atoms with Crippen molar-refractivity contribution in [2.75, 3.05) is 19.7 Å².